The summed E-state index contributed by atoms with van der Waals surface area (Å²) in [6.45, 7) is 0. The Kier molecular flexibility index (Phi) is 3.31. The minimum Gasteiger partial charge on any atom is -0.508 e. The topological polar surface area (TPSA) is 60.9 Å². The van der Waals surface area contributed by atoms with E-state index in [4.69, 9.17) is 11.6 Å². The molecule has 2 aromatic carbocycles. The molecule has 0 atom stereocenters. The first-order chi connectivity index (χ1) is 9.72. The van der Waals surface area contributed by atoms with E-state index in [1.807, 2.05) is 30.3 Å². The van der Waals surface area contributed by atoms with Crippen LogP contribution < -0.4 is 5.32 Å². The Morgan fingerprint density at radius 1 is 1.10 bits per heavy atom. The summed E-state index contributed by atoms with van der Waals surface area (Å²) >= 11 is 5.97. The fourth-order valence-corrected chi connectivity index (χ4v) is 2.17. The second-order valence-corrected chi connectivity index (χ2v) is 4.78. The Bertz CT molecular complexity index is 739. The van der Waals surface area contributed by atoms with Crippen molar-refractivity contribution in [3.63, 3.8) is 0 Å². The highest BCUT2D eigenvalue weighted by atomic mass is 35.5. The van der Waals surface area contributed by atoms with Crippen LogP contribution in [0.3, 0.4) is 0 Å². The van der Waals surface area contributed by atoms with E-state index in [1.54, 1.807) is 24.4 Å². The molecule has 0 unspecified atom stereocenters. The highest BCUT2D eigenvalue weighted by Gasteiger charge is 2.08. The summed E-state index contributed by atoms with van der Waals surface area (Å²) < 4.78 is 0. The lowest BCUT2D eigenvalue weighted by Crippen LogP contribution is -1.91. The molecule has 3 rings (SSSR count). The normalized spacial score (nSPS) is 10.4. The van der Waals surface area contributed by atoms with Crippen molar-refractivity contribution in [3.05, 3.63) is 59.8 Å². The van der Waals surface area contributed by atoms with Gasteiger partial charge < -0.3 is 10.4 Å². The molecule has 0 fully saturated rings. The van der Waals surface area contributed by atoms with Crippen LogP contribution in [0, 0.1) is 0 Å². The first kappa shape index (κ1) is 12.6. The van der Waals surface area contributed by atoms with E-state index >= 15 is 0 Å². The van der Waals surface area contributed by atoms with Crippen molar-refractivity contribution in [1.29, 1.82) is 0 Å². The third-order valence-electron chi connectivity index (χ3n) is 2.88. The average molecular weight is 286 g/mol. The number of phenolic OH excluding ortho intramolecular Hbond substituents is 1. The van der Waals surface area contributed by atoms with Crippen LogP contribution >= 0.6 is 11.6 Å². The number of halogens is 1. The first-order valence-corrected chi connectivity index (χ1v) is 6.45. The number of anilines is 2. The molecule has 3 N–H and O–H groups in total. The van der Waals surface area contributed by atoms with Gasteiger partial charge in [-0.15, -0.1) is 0 Å². The van der Waals surface area contributed by atoms with Crippen molar-refractivity contribution in [2.24, 2.45) is 0 Å². The predicted molar refractivity (Wildman–Crippen MR) is 80.4 cm³/mol. The van der Waals surface area contributed by atoms with Gasteiger partial charge in [0.2, 0.25) is 0 Å². The Morgan fingerprint density at radius 2 is 1.95 bits per heavy atom. The average Bonchev–Trinajstić information content (AvgIpc) is 2.87. The number of phenols is 1. The third-order valence-corrected chi connectivity index (χ3v) is 3.11. The molecule has 0 spiro atoms. The number of hydrogen-bond acceptors (Lipinski definition) is 3. The van der Waals surface area contributed by atoms with Crippen LogP contribution in [0.25, 0.3) is 11.3 Å². The molecule has 0 bridgehead atoms. The molecule has 0 aliphatic heterocycles. The number of hydrogen-bond donors (Lipinski definition) is 3. The lowest BCUT2D eigenvalue weighted by molar-refractivity contribution is 0.475. The van der Waals surface area contributed by atoms with E-state index in [9.17, 15) is 5.11 Å². The number of nitrogens with one attached hydrogen (secondary N) is 2. The maximum Gasteiger partial charge on any atom is 0.116 e. The van der Waals surface area contributed by atoms with E-state index in [0.29, 0.717) is 5.02 Å². The summed E-state index contributed by atoms with van der Waals surface area (Å²) in [5, 5.41) is 20.4. The molecule has 0 amide bonds. The number of rotatable bonds is 3. The maximum absolute atomic E-state index is 9.56. The molecule has 1 aromatic heterocycles. The van der Waals surface area contributed by atoms with Gasteiger partial charge in [0.1, 0.15) is 5.75 Å². The third kappa shape index (κ3) is 2.60. The zero-order valence-electron chi connectivity index (χ0n) is 10.5. The number of aromatic nitrogens is 2. The van der Waals surface area contributed by atoms with Crippen molar-refractivity contribution in [2.45, 2.75) is 0 Å². The monoisotopic (exact) mass is 285 g/mol. The van der Waals surface area contributed by atoms with E-state index < -0.39 is 0 Å². The molecular weight excluding hydrogens is 274 g/mol. The van der Waals surface area contributed by atoms with Crippen LogP contribution in [-0.4, -0.2) is 15.3 Å². The Morgan fingerprint density at radius 3 is 2.75 bits per heavy atom. The number of benzene rings is 2. The molecule has 5 heteroatoms. The second-order valence-electron chi connectivity index (χ2n) is 4.34. The van der Waals surface area contributed by atoms with Crippen LogP contribution in [-0.2, 0) is 0 Å². The quantitative estimate of drug-likeness (QED) is 0.676. The molecule has 100 valence electrons. The molecule has 0 saturated heterocycles. The van der Waals surface area contributed by atoms with Gasteiger partial charge in [-0.2, -0.15) is 5.10 Å². The van der Waals surface area contributed by atoms with Crippen molar-refractivity contribution in [3.8, 4) is 17.0 Å². The minimum absolute atomic E-state index is 0.214. The smallest absolute Gasteiger partial charge is 0.116 e. The van der Waals surface area contributed by atoms with Gasteiger partial charge in [-0.1, -0.05) is 29.8 Å². The van der Waals surface area contributed by atoms with Crippen molar-refractivity contribution in [2.75, 3.05) is 5.32 Å². The van der Waals surface area contributed by atoms with Gasteiger partial charge in [0.15, 0.2) is 0 Å². The number of H-pyrrole nitrogens is 1. The van der Waals surface area contributed by atoms with E-state index in [-0.39, 0.29) is 5.75 Å². The summed E-state index contributed by atoms with van der Waals surface area (Å²) in [6.07, 6.45) is 1.69. The van der Waals surface area contributed by atoms with Crippen LogP contribution in [0.1, 0.15) is 0 Å². The SMILES string of the molecule is Oc1cccc(-c2[nH]ncc2Nc2cccc(Cl)c2)c1. The van der Waals surface area contributed by atoms with Crippen molar-refractivity contribution >= 4 is 23.0 Å². The molecule has 0 aliphatic rings. The van der Waals surface area contributed by atoms with Gasteiger partial charge >= 0.3 is 0 Å². The highest BCUT2D eigenvalue weighted by molar-refractivity contribution is 6.30. The van der Waals surface area contributed by atoms with Crippen LogP contribution in [0.5, 0.6) is 5.75 Å². The van der Waals surface area contributed by atoms with E-state index in [2.05, 4.69) is 15.5 Å². The summed E-state index contributed by atoms with van der Waals surface area (Å²) in [5.41, 5.74) is 3.35. The van der Waals surface area contributed by atoms with E-state index in [0.717, 1.165) is 22.6 Å². The van der Waals surface area contributed by atoms with Crippen molar-refractivity contribution in [1.82, 2.24) is 10.2 Å². The Labute approximate surface area is 121 Å². The lowest BCUT2D eigenvalue weighted by Gasteiger charge is -2.07. The zero-order valence-corrected chi connectivity index (χ0v) is 11.2. The molecule has 4 nitrogen and oxygen atoms in total. The summed E-state index contributed by atoms with van der Waals surface area (Å²) in [7, 11) is 0. The summed E-state index contributed by atoms with van der Waals surface area (Å²) in [4.78, 5) is 0. The molecule has 20 heavy (non-hydrogen) atoms. The minimum atomic E-state index is 0.214. The number of aromatic hydroxyl groups is 1. The second kappa shape index (κ2) is 5.27. The van der Waals surface area contributed by atoms with Crippen LogP contribution in [0.15, 0.2) is 54.7 Å². The van der Waals surface area contributed by atoms with Gasteiger partial charge in [-0.05, 0) is 30.3 Å². The number of nitrogens with zero attached hydrogens (tertiary/aromatic N) is 1. The van der Waals surface area contributed by atoms with E-state index in [1.165, 1.54) is 0 Å². The van der Waals surface area contributed by atoms with Crippen LogP contribution in [0.2, 0.25) is 5.02 Å². The molecular formula is C15H12ClN3O. The lowest BCUT2D eigenvalue weighted by atomic mass is 10.1. The molecule has 1 heterocycles. The number of aromatic amines is 1. The molecule has 0 aliphatic carbocycles. The maximum atomic E-state index is 9.56. The Hall–Kier alpha value is -2.46. The fourth-order valence-electron chi connectivity index (χ4n) is 1.98. The van der Waals surface area contributed by atoms with Gasteiger partial charge in [-0.25, -0.2) is 0 Å². The largest absolute Gasteiger partial charge is 0.508 e. The fraction of sp³-hybridized carbons (Fsp3) is 0. The Balaban J connectivity index is 1.94. The zero-order chi connectivity index (χ0) is 13.9. The summed E-state index contributed by atoms with van der Waals surface area (Å²) in [6, 6.07) is 14.4. The summed E-state index contributed by atoms with van der Waals surface area (Å²) in [5.74, 6) is 0.214. The van der Waals surface area contributed by atoms with Gasteiger partial charge in [-0.3, -0.25) is 5.10 Å². The van der Waals surface area contributed by atoms with Gasteiger partial charge in [0.05, 0.1) is 17.6 Å². The first-order valence-electron chi connectivity index (χ1n) is 6.08. The van der Waals surface area contributed by atoms with Gasteiger partial charge in [0.25, 0.3) is 0 Å². The van der Waals surface area contributed by atoms with Crippen LogP contribution in [0.4, 0.5) is 11.4 Å². The molecule has 0 radical (unpaired) electrons. The van der Waals surface area contributed by atoms with Gasteiger partial charge in [0, 0.05) is 16.3 Å². The molecule has 0 saturated carbocycles. The predicted octanol–water partition coefficient (Wildman–Crippen LogP) is 4.18. The van der Waals surface area contributed by atoms with Crippen molar-refractivity contribution < 1.29 is 5.11 Å². The highest BCUT2D eigenvalue weighted by Crippen LogP contribution is 2.30. The standard InChI is InChI=1S/C15H12ClN3O/c16-11-4-2-5-12(8-11)18-14-9-17-19-15(14)10-3-1-6-13(20)7-10/h1-9,18,20H,(H,17,19). The molecule has 3 aromatic rings.